The van der Waals surface area contributed by atoms with Crippen molar-refractivity contribution < 1.29 is 29.0 Å². The van der Waals surface area contributed by atoms with Crippen LogP contribution in [0.3, 0.4) is 0 Å². The van der Waals surface area contributed by atoms with Crippen molar-refractivity contribution in [3.8, 4) is 5.75 Å². The van der Waals surface area contributed by atoms with Crippen molar-refractivity contribution in [1.29, 1.82) is 0 Å². The smallest absolute Gasteiger partial charge is 0.480 e. The van der Waals surface area contributed by atoms with E-state index in [1.807, 2.05) is 12.1 Å². The van der Waals surface area contributed by atoms with Crippen LogP contribution < -0.4 is 10.1 Å². The van der Waals surface area contributed by atoms with Gasteiger partial charge in [0.25, 0.3) is 0 Å². The van der Waals surface area contributed by atoms with E-state index in [0.717, 1.165) is 25.9 Å². The van der Waals surface area contributed by atoms with Crippen LogP contribution in [0, 0.1) is 5.92 Å². The lowest BCUT2D eigenvalue weighted by atomic mass is 9.74. The van der Waals surface area contributed by atoms with E-state index < -0.39 is 18.2 Å². The van der Waals surface area contributed by atoms with Gasteiger partial charge in [-0.05, 0) is 62.9 Å². The Balaban J connectivity index is 0.00000578. The number of carboxylic acids is 1. The van der Waals surface area contributed by atoms with E-state index >= 15 is 0 Å². The minimum Gasteiger partial charge on any atom is -0.480 e. The second-order valence-corrected chi connectivity index (χ2v) is 9.29. The Labute approximate surface area is 209 Å². The number of nitrogens with zero attached hydrogens (tertiary/aromatic N) is 1. The van der Waals surface area contributed by atoms with E-state index in [-0.39, 0.29) is 50.2 Å². The van der Waals surface area contributed by atoms with Gasteiger partial charge >= 0.3 is 12.1 Å². The first-order valence-electron chi connectivity index (χ1n) is 11.8. The molecular formula is C25H40N2O6S. The molecule has 0 saturated carbocycles. The number of amides is 1. The highest BCUT2D eigenvalue weighted by Gasteiger charge is 2.33. The summed E-state index contributed by atoms with van der Waals surface area (Å²) in [6.45, 7) is 7.73. The molecule has 34 heavy (non-hydrogen) atoms. The standard InChI is InChI=1S/C25H38N2O6.H2S/c1-5-25(13-6-7-14-27(4)17-25)19-10-8-11-20(16-19)33-24(31)32-15-9-12-21(28)26-22(18(2)3)23(29)30;/h8,10-11,16,18,22H,5-7,9,12-15,17H2,1-4H3,(H,26,28)(H,29,30);1H2. The van der Waals surface area contributed by atoms with Crippen molar-refractivity contribution >= 4 is 31.5 Å². The first-order valence-corrected chi connectivity index (χ1v) is 11.8. The van der Waals surface area contributed by atoms with Crippen LogP contribution in [-0.4, -0.2) is 60.8 Å². The number of carbonyl (C=O) groups is 3. The SMILES string of the molecule is CCC1(c2cccc(OC(=O)OCCCC(=O)NC(C(=O)O)C(C)C)c2)CCCCN(C)C1.S. The summed E-state index contributed by atoms with van der Waals surface area (Å²) in [6.07, 6.45) is 3.98. The summed E-state index contributed by atoms with van der Waals surface area (Å²) in [6, 6.07) is 6.73. The van der Waals surface area contributed by atoms with E-state index in [1.54, 1.807) is 19.9 Å². The molecule has 0 bridgehead atoms. The lowest BCUT2D eigenvalue weighted by Gasteiger charge is -2.35. The van der Waals surface area contributed by atoms with Gasteiger partial charge in [-0.2, -0.15) is 13.5 Å². The van der Waals surface area contributed by atoms with Gasteiger partial charge < -0.3 is 24.8 Å². The van der Waals surface area contributed by atoms with Gasteiger partial charge in [-0.3, -0.25) is 4.79 Å². The van der Waals surface area contributed by atoms with Crippen molar-refractivity contribution in [3.05, 3.63) is 29.8 Å². The van der Waals surface area contributed by atoms with Gasteiger partial charge in [-0.25, -0.2) is 9.59 Å². The molecule has 2 rings (SSSR count). The molecule has 1 fully saturated rings. The number of carbonyl (C=O) groups excluding carboxylic acids is 2. The van der Waals surface area contributed by atoms with Crippen molar-refractivity contribution in [2.75, 3.05) is 26.7 Å². The van der Waals surface area contributed by atoms with Crippen molar-refractivity contribution in [2.24, 2.45) is 5.92 Å². The van der Waals surface area contributed by atoms with Crippen LogP contribution in [0.2, 0.25) is 0 Å². The van der Waals surface area contributed by atoms with Crippen LogP contribution in [0.5, 0.6) is 5.75 Å². The number of aliphatic carboxylic acids is 1. The summed E-state index contributed by atoms with van der Waals surface area (Å²) in [5.74, 6) is -1.24. The maximum atomic E-state index is 12.1. The molecule has 2 N–H and O–H groups in total. The molecule has 0 aliphatic carbocycles. The summed E-state index contributed by atoms with van der Waals surface area (Å²) in [7, 11) is 2.15. The second kappa shape index (κ2) is 14.2. The van der Waals surface area contributed by atoms with Gasteiger partial charge in [-0.15, -0.1) is 0 Å². The fourth-order valence-corrected chi connectivity index (χ4v) is 4.41. The zero-order valence-corrected chi connectivity index (χ0v) is 21.8. The van der Waals surface area contributed by atoms with Crippen LogP contribution in [0.4, 0.5) is 4.79 Å². The number of hydrogen-bond donors (Lipinski definition) is 2. The number of likely N-dealkylation sites (N-methyl/N-ethyl adjacent to an activating group) is 1. The zero-order valence-electron chi connectivity index (χ0n) is 20.8. The van der Waals surface area contributed by atoms with E-state index in [0.29, 0.717) is 5.75 Å². The van der Waals surface area contributed by atoms with E-state index in [4.69, 9.17) is 14.6 Å². The molecule has 2 atom stereocenters. The molecule has 8 nitrogen and oxygen atoms in total. The molecule has 1 aromatic rings. The number of benzene rings is 1. The van der Waals surface area contributed by atoms with Crippen molar-refractivity contribution in [3.63, 3.8) is 0 Å². The first kappa shape index (κ1) is 29.8. The Morgan fingerprint density at radius 3 is 2.62 bits per heavy atom. The zero-order chi connectivity index (χ0) is 24.4. The number of nitrogens with one attached hydrogen (secondary N) is 1. The molecule has 9 heteroatoms. The van der Waals surface area contributed by atoms with Gasteiger partial charge in [-0.1, -0.05) is 39.3 Å². The van der Waals surface area contributed by atoms with Gasteiger partial charge in [0.1, 0.15) is 11.8 Å². The molecule has 192 valence electrons. The molecule has 1 amide bonds. The van der Waals surface area contributed by atoms with E-state index in [2.05, 4.69) is 30.3 Å². The predicted octanol–water partition coefficient (Wildman–Crippen LogP) is 4.08. The van der Waals surface area contributed by atoms with Crippen LogP contribution in [0.1, 0.15) is 64.9 Å². The number of ether oxygens (including phenoxy) is 2. The highest BCUT2D eigenvalue weighted by Crippen LogP contribution is 2.37. The normalized spacial score (nSPS) is 19.4. The van der Waals surface area contributed by atoms with Crippen LogP contribution in [0.15, 0.2) is 24.3 Å². The molecule has 1 heterocycles. The minimum absolute atomic E-state index is 0. The van der Waals surface area contributed by atoms with Crippen LogP contribution in [-0.2, 0) is 19.7 Å². The van der Waals surface area contributed by atoms with E-state index in [1.165, 1.54) is 18.4 Å². The van der Waals surface area contributed by atoms with Crippen LogP contribution >= 0.6 is 13.5 Å². The summed E-state index contributed by atoms with van der Waals surface area (Å²) in [4.78, 5) is 37.6. The average Bonchev–Trinajstić information content (AvgIpc) is 2.96. The van der Waals surface area contributed by atoms with Gasteiger partial charge in [0.15, 0.2) is 0 Å². The average molecular weight is 497 g/mol. The largest absolute Gasteiger partial charge is 0.513 e. The summed E-state index contributed by atoms with van der Waals surface area (Å²) >= 11 is 0. The highest BCUT2D eigenvalue weighted by molar-refractivity contribution is 7.59. The number of rotatable bonds is 10. The van der Waals surface area contributed by atoms with Gasteiger partial charge in [0, 0.05) is 18.4 Å². The predicted molar refractivity (Wildman–Crippen MR) is 136 cm³/mol. The minimum atomic E-state index is -1.07. The van der Waals surface area contributed by atoms with Gasteiger partial charge in [0.2, 0.25) is 5.91 Å². The van der Waals surface area contributed by atoms with Gasteiger partial charge in [0.05, 0.1) is 6.61 Å². The fraction of sp³-hybridized carbons (Fsp3) is 0.640. The highest BCUT2D eigenvalue weighted by atomic mass is 32.1. The third-order valence-corrected chi connectivity index (χ3v) is 6.36. The van der Waals surface area contributed by atoms with Crippen molar-refractivity contribution in [1.82, 2.24) is 10.2 Å². The molecular weight excluding hydrogens is 456 g/mol. The Bertz CT molecular complexity index is 818. The third-order valence-electron chi connectivity index (χ3n) is 6.36. The molecule has 1 aliphatic rings. The maximum absolute atomic E-state index is 12.1. The molecule has 1 aliphatic heterocycles. The molecule has 2 unspecified atom stereocenters. The second-order valence-electron chi connectivity index (χ2n) is 9.29. The number of hydrogen-bond acceptors (Lipinski definition) is 6. The summed E-state index contributed by atoms with van der Waals surface area (Å²) in [5, 5.41) is 11.6. The Morgan fingerprint density at radius 2 is 1.97 bits per heavy atom. The quantitative estimate of drug-likeness (QED) is 0.286. The topological polar surface area (TPSA) is 105 Å². The third kappa shape index (κ3) is 8.83. The molecule has 0 spiro atoms. The Hall–Kier alpha value is -2.26. The first-order chi connectivity index (χ1) is 15.7. The molecule has 1 saturated heterocycles. The van der Waals surface area contributed by atoms with E-state index in [9.17, 15) is 14.4 Å². The lowest BCUT2D eigenvalue weighted by molar-refractivity contribution is -0.143. The Kier molecular flexibility index (Phi) is 12.4. The maximum Gasteiger partial charge on any atom is 0.513 e. The Morgan fingerprint density at radius 1 is 1.24 bits per heavy atom. The molecule has 0 radical (unpaired) electrons. The lowest BCUT2D eigenvalue weighted by Crippen LogP contribution is -2.44. The summed E-state index contributed by atoms with van der Waals surface area (Å²) in [5.41, 5.74) is 1.20. The molecule has 1 aromatic carbocycles. The monoisotopic (exact) mass is 496 g/mol. The summed E-state index contributed by atoms with van der Waals surface area (Å²) < 4.78 is 10.5. The van der Waals surface area contributed by atoms with Crippen LogP contribution in [0.25, 0.3) is 0 Å². The molecule has 0 aromatic heterocycles. The number of likely N-dealkylation sites (tertiary alicyclic amines) is 1. The van der Waals surface area contributed by atoms with Crippen molar-refractivity contribution in [2.45, 2.75) is 70.8 Å². The number of carboxylic acid groups (broad SMARTS) is 1. The fourth-order valence-electron chi connectivity index (χ4n) is 4.41.